The molecule has 0 saturated carbocycles. The molecule has 1 aliphatic rings. The van der Waals surface area contributed by atoms with Gasteiger partial charge in [-0.1, -0.05) is 42.1 Å². The molecule has 1 saturated heterocycles. The van der Waals surface area contributed by atoms with E-state index in [0.717, 1.165) is 0 Å². The molecule has 0 aromatic heterocycles. The summed E-state index contributed by atoms with van der Waals surface area (Å²) in [6, 6.07) is 12.3. The van der Waals surface area contributed by atoms with Crippen molar-refractivity contribution in [3.63, 3.8) is 0 Å². The summed E-state index contributed by atoms with van der Waals surface area (Å²) in [5.74, 6) is -0.663. The van der Waals surface area contributed by atoms with E-state index in [1.165, 1.54) is 36.2 Å². The number of nitro groups is 1. The number of nitrogens with zero attached hydrogens (tertiary/aromatic N) is 3. The molecule has 0 radical (unpaired) electrons. The molecule has 1 N–H and O–H groups in total. The van der Waals surface area contributed by atoms with Crippen LogP contribution < -0.4 is 5.32 Å². The molecule has 1 heterocycles. The highest BCUT2D eigenvalue weighted by Gasteiger charge is 2.30. The lowest BCUT2D eigenvalue weighted by Gasteiger charge is -2.04. The topological polar surface area (TPSA) is 97.0 Å². The number of benzene rings is 2. The van der Waals surface area contributed by atoms with Crippen LogP contribution in [0.2, 0.25) is 0 Å². The quantitative estimate of drug-likeness (QED) is 0.496. The highest BCUT2D eigenvalue weighted by Crippen LogP contribution is 2.24. The van der Waals surface area contributed by atoms with Crippen molar-refractivity contribution < 1.29 is 14.1 Å². The third-order valence-corrected chi connectivity index (χ3v) is 4.64. The summed E-state index contributed by atoms with van der Waals surface area (Å²) in [5.41, 5.74) is 0.955. The summed E-state index contributed by atoms with van der Waals surface area (Å²) in [7, 11) is 0. The molecular weight excluding hydrogens is 359 g/mol. The number of nitro benzene ring substituents is 1. The van der Waals surface area contributed by atoms with Gasteiger partial charge in [0, 0.05) is 17.7 Å². The molecular formula is C17H13FN4O3S. The highest BCUT2D eigenvalue weighted by molar-refractivity contribution is 8.15. The Bertz CT molecular complexity index is 916. The van der Waals surface area contributed by atoms with Crippen molar-refractivity contribution in [3.05, 3.63) is 75.6 Å². The minimum Gasteiger partial charge on any atom is -0.303 e. The first-order chi connectivity index (χ1) is 12.5. The van der Waals surface area contributed by atoms with Crippen LogP contribution in [-0.2, 0) is 11.2 Å². The Labute approximate surface area is 152 Å². The molecule has 0 bridgehead atoms. The van der Waals surface area contributed by atoms with E-state index < -0.39 is 16.0 Å². The molecule has 1 atom stereocenters. The highest BCUT2D eigenvalue weighted by atomic mass is 32.2. The van der Waals surface area contributed by atoms with Crippen molar-refractivity contribution in [2.75, 3.05) is 0 Å². The Hall–Kier alpha value is -3.07. The molecule has 1 amide bonds. The largest absolute Gasteiger partial charge is 0.303 e. The molecule has 9 heteroatoms. The number of hydrogen-bond acceptors (Lipinski definition) is 6. The molecule has 132 valence electrons. The van der Waals surface area contributed by atoms with Crippen LogP contribution in [0.15, 0.2) is 58.7 Å². The van der Waals surface area contributed by atoms with Crippen LogP contribution in [0.3, 0.4) is 0 Å². The van der Waals surface area contributed by atoms with E-state index in [2.05, 4.69) is 15.5 Å². The Kier molecular flexibility index (Phi) is 5.37. The van der Waals surface area contributed by atoms with Crippen LogP contribution in [0.4, 0.5) is 10.1 Å². The monoisotopic (exact) mass is 372 g/mol. The number of halogens is 1. The van der Waals surface area contributed by atoms with Gasteiger partial charge in [0.15, 0.2) is 5.17 Å². The zero-order valence-electron chi connectivity index (χ0n) is 13.3. The third-order valence-electron chi connectivity index (χ3n) is 3.57. The number of hydrogen-bond donors (Lipinski definition) is 1. The summed E-state index contributed by atoms with van der Waals surface area (Å²) in [4.78, 5) is 22.4. The van der Waals surface area contributed by atoms with Crippen molar-refractivity contribution in [1.82, 2.24) is 5.32 Å². The minimum absolute atomic E-state index is 0.0192. The Balaban J connectivity index is 1.66. The standard InChI is InChI=1S/C17H13FN4O3S/c18-14-7-2-1-5-12(14)10-19-21-17-20-16(23)15(26-17)9-11-4-3-6-13(8-11)22(24)25/h1-8,10,15H,9H2,(H,20,21,23)/b19-10-/t15-/m0/s1. The van der Waals surface area contributed by atoms with Gasteiger partial charge >= 0.3 is 0 Å². The molecule has 0 aliphatic carbocycles. The molecule has 0 spiro atoms. The van der Waals surface area contributed by atoms with Crippen LogP contribution in [0.5, 0.6) is 0 Å². The fourth-order valence-electron chi connectivity index (χ4n) is 2.32. The lowest BCUT2D eigenvalue weighted by atomic mass is 10.1. The number of rotatable bonds is 5. The van der Waals surface area contributed by atoms with E-state index in [9.17, 15) is 19.3 Å². The van der Waals surface area contributed by atoms with Crippen molar-refractivity contribution >= 4 is 34.7 Å². The summed E-state index contributed by atoms with van der Waals surface area (Å²) >= 11 is 1.18. The van der Waals surface area contributed by atoms with Gasteiger partial charge in [-0.15, -0.1) is 5.10 Å². The lowest BCUT2D eigenvalue weighted by molar-refractivity contribution is -0.384. The minimum atomic E-state index is -0.477. The van der Waals surface area contributed by atoms with Gasteiger partial charge in [0.2, 0.25) is 5.91 Å². The van der Waals surface area contributed by atoms with E-state index in [1.807, 2.05) is 0 Å². The van der Waals surface area contributed by atoms with Crippen LogP contribution in [-0.4, -0.2) is 27.5 Å². The van der Waals surface area contributed by atoms with Gasteiger partial charge in [0.1, 0.15) is 5.82 Å². The number of thioether (sulfide) groups is 1. The van der Waals surface area contributed by atoms with Crippen LogP contribution in [0.1, 0.15) is 11.1 Å². The normalized spacial score (nSPS) is 18.4. The van der Waals surface area contributed by atoms with Gasteiger partial charge < -0.3 is 5.32 Å². The number of carbonyl (C=O) groups excluding carboxylic acids is 1. The average Bonchev–Trinajstić information content (AvgIpc) is 2.96. The van der Waals surface area contributed by atoms with E-state index in [-0.39, 0.29) is 11.6 Å². The molecule has 26 heavy (non-hydrogen) atoms. The molecule has 1 aliphatic heterocycles. The Morgan fingerprint density at radius 2 is 2.08 bits per heavy atom. The van der Waals surface area contributed by atoms with Crippen molar-refractivity contribution in [3.8, 4) is 0 Å². The SMILES string of the molecule is O=C1N/C(=N/N=C\c2ccccc2F)S[C@H]1Cc1cccc([N+](=O)[O-])c1. The number of amides is 1. The van der Waals surface area contributed by atoms with Gasteiger partial charge in [-0.05, 0) is 18.1 Å². The maximum absolute atomic E-state index is 13.5. The summed E-state index contributed by atoms with van der Waals surface area (Å²) in [6.07, 6.45) is 1.59. The van der Waals surface area contributed by atoms with Crippen LogP contribution in [0.25, 0.3) is 0 Å². The summed E-state index contributed by atoms with van der Waals surface area (Å²) in [6.45, 7) is 0. The van der Waals surface area contributed by atoms with E-state index in [4.69, 9.17) is 0 Å². The first-order valence-corrected chi connectivity index (χ1v) is 8.47. The third kappa shape index (κ3) is 4.31. The fraction of sp³-hybridized carbons (Fsp3) is 0.118. The zero-order valence-corrected chi connectivity index (χ0v) is 14.1. The van der Waals surface area contributed by atoms with Crippen LogP contribution in [0, 0.1) is 15.9 Å². The van der Waals surface area contributed by atoms with Gasteiger partial charge in [0.05, 0.1) is 16.4 Å². The Morgan fingerprint density at radius 1 is 1.27 bits per heavy atom. The summed E-state index contributed by atoms with van der Waals surface area (Å²) in [5, 5.41) is 21.0. The second kappa shape index (κ2) is 7.87. The molecule has 1 fully saturated rings. The predicted octanol–water partition coefficient (Wildman–Crippen LogP) is 2.90. The first-order valence-electron chi connectivity index (χ1n) is 7.59. The smallest absolute Gasteiger partial charge is 0.269 e. The van der Waals surface area contributed by atoms with Gasteiger partial charge in [-0.2, -0.15) is 5.10 Å². The van der Waals surface area contributed by atoms with Crippen molar-refractivity contribution in [2.45, 2.75) is 11.7 Å². The second-order valence-corrected chi connectivity index (χ2v) is 6.59. The average molecular weight is 372 g/mol. The fourth-order valence-corrected chi connectivity index (χ4v) is 3.29. The molecule has 3 rings (SSSR count). The maximum Gasteiger partial charge on any atom is 0.269 e. The number of non-ortho nitro benzene ring substituents is 1. The molecule has 2 aromatic carbocycles. The van der Waals surface area contributed by atoms with Crippen molar-refractivity contribution in [1.29, 1.82) is 0 Å². The van der Waals surface area contributed by atoms with Crippen LogP contribution >= 0.6 is 11.8 Å². The van der Waals surface area contributed by atoms with E-state index in [0.29, 0.717) is 22.7 Å². The van der Waals surface area contributed by atoms with E-state index >= 15 is 0 Å². The predicted molar refractivity (Wildman–Crippen MR) is 97.8 cm³/mol. The summed E-state index contributed by atoms with van der Waals surface area (Å²) < 4.78 is 13.5. The zero-order chi connectivity index (χ0) is 18.5. The maximum atomic E-state index is 13.5. The van der Waals surface area contributed by atoms with Gasteiger partial charge in [-0.3, -0.25) is 14.9 Å². The number of nitrogens with one attached hydrogen (secondary N) is 1. The Morgan fingerprint density at radius 3 is 2.85 bits per heavy atom. The number of carbonyl (C=O) groups is 1. The second-order valence-electron chi connectivity index (χ2n) is 5.40. The molecule has 2 aromatic rings. The number of amidine groups is 1. The van der Waals surface area contributed by atoms with Gasteiger partial charge in [0.25, 0.3) is 5.69 Å². The molecule has 7 nitrogen and oxygen atoms in total. The van der Waals surface area contributed by atoms with Gasteiger partial charge in [-0.25, -0.2) is 4.39 Å². The molecule has 0 unspecified atom stereocenters. The van der Waals surface area contributed by atoms with E-state index in [1.54, 1.807) is 30.3 Å². The first kappa shape index (κ1) is 17.7. The lowest BCUT2D eigenvalue weighted by Crippen LogP contribution is -2.25. The van der Waals surface area contributed by atoms with Crippen molar-refractivity contribution in [2.24, 2.45) is 10.2 Å².